The third-order valence-corrected chi connectivity index (χ3v) is 5.28. The number of primary amides is 1. The van der Waals surface area contributed by atoms with Crippen LogP contribution in [0.25, 0.3) is 0 Å². The first-order valence-electron chi connectivity index (χ1n) is 6.34. The number of thioether (sulfide) groups is 1. The van der Waals surface area contributed by atoms with Gasteiger partial charge in [-0.1, -0.05) is 6.92 Å². The predicted octanol–water partition coefficient (Wildman–Crippen LogP) is 1.51. The van der Waals surface area contributed by atoms with Gasteiger partial charge in [0.15, 0.2) is 0 Å². The number of nitrogens with one attached hydrogen (secondary N) is 1. The zero-order valence-electron chi connectivity index (χ0n) is 9.95. The molecule has 2 fully saturated rings. The van der Waals surface area contributed by atoms with Gasteiger partial charge in [-0.2, -0.15) is 11.8 Å². The molecule has 3 nitrogen and oxygen atoms in total. The summed E-state index contributed by atoms with van der Waals surface area (Å²) >= 11 is 2.06. The van der Waals surface area contributed by atoms with Crippen LogP contribution < -0.4 is 11.1 Å². The van der Waals surface area contributed by atoms with Crippen LogP contribution in [0.5, 0.6) is 0 Å². The molecule has 3 N–H and O–H groups in total. The monoisotopic (exact) mass is 242 g/mol. The minimum absolute atomic E-state index is 0.108. The van der Waals surface area contributed by atoms with E-state index >= 15 is 0 Å². The molecule has 1 aliphatic heterocycles. The summed E-state index contributed by atoms with van der Waals surface area (Å²) in [6.45, 7) is 2.31. The highest BCUT2D eigenvalue weighted by molar-refractivity contribution is 8.00. The number of hydrogen-bond acceptors (Lipinski definition) is 3. The summed E-state index contributed by atoms with van der Waals surface area (Å²) in [6, 6.07) is 1.29. The number of rotatable bonds is 3. The Bertz CT molecular complexity index is 251. The van der Waals surface area contributed by atoms with Crippen molar-refractivity contribution in [1.29, 1.82) is 0 Å². The highest BCUT2D eigenvalue weighted by Crippen LogP contribution is 2.29. The molecule has 0 aromatic rings. The second kappa shape index (κ2) is 5.41. The fourth-order valence-electron chi connectivity index (χ4n) is 2.80. The molecule has 4 heteroatoms. The molecule has 1 saturated heterocycles. The molecular weight excluding hydrogens is 220 g/mol. The van der Waals surface area contributed by atoms with Crippen molar-refractivity contribution in [1.82, 2.24) is 5.32 Å². The summed E-state index contributed by atoms with van der Waals surface area (Å²) in [5.41, 5.74) is 5.34. The van der Waals surface area contributed by atoms with Crippen molar-refractivity contribution in [3.8, 4) is 0 Å². The third-order valence-electron chi connectivity index (χ3n) is 3.96. The minimum atomic E-state index is -0.108. The number of amides is 1. The molecule has 1 saturated carbocycles. The fraction of sp³-hybridized carbons (Fsp3) is 0.917. The van der Waals surface area contributed by atoms with Gasteiger partial charge in [0.2, 0.25) is 5.91 Å². The predicted molar refractivity (Wildman–Crippen MR) is 68.4 cm³/mol. The van der Waals surface area contributed by atoms with Crippen molar-refractivity contribution < 1.29 is 4.79 Å². The highest BCUT2D eigenvalue weighted by atomic mass is 32.2. The van der Waals surface area contributed by atoms with Gasteiger partial charge in [0, 0.05) is 23.3 Å². The Morgan fingerprint density at radius 3 is 2.44 bits per heavy atom. The smallest absolute Gasteiger partial charge is 0.220 e. The summed E-state index contributed by atoms with van der Waals surface area (Å²) in [5.74, 6) is 1.31. The summed E-state index contributed by atoms with van der Waals surface area (Å²) < 4.78 is 0. The summed E-state index contributed by atoms with van der Waals surface area (Å²) in [6.07, 6.45) is 5.47. The van der Waals surface area contributed by atoms with E-state index < -0.39 is 0 Å². The Morgan fingerprint density at radius 2 is 1.94 bits per heavy atom. The summed E-state index contributed by atoms with van der Waals surface area (Å²) in [4.78, 5) is 11.1. The van der Waals surface area contributed by atoms with Crippen LogP contribution in [0.1, 0.15) is 39.0 Å². The van der Waals surface area contributed by atoms with Gasteiger partial charge in [-0.25, -0.2) is 0 Å². The van der Waals surface area contributed by atoms with Gasteiger partial charge in [0.25, 0.3) is 0 Å². The molecule has 92 valence electrons. The molecule has 2 rings (SSSR count). The zero-order chi connectivity index (χ0) is 11.5. The van der Waals surface area contributed by atoms with Crippen LogP contribution in [0, 0.1) is 5.92 Å². The van der Waals surface area contributed by atoms with E-state index in [4.69, 9.17) is 5.73 Å². The molecule has 0 bridgehead atoms. The molecule has 0 aromatic carbocycles. The van der Waals surface area contributed by atoms with E-state index in [0.29, 0.717) is 12.1 Å². The number of hydrogen-bond donors (Lipinski definition) is 2. The Balaban J connectivity index is 1.74. The van der Waals surface area contributed by atoms with Gasteiger partial charge < -0.3 is 11.1 Å². The van der Waals surface area contributed by atoms with Gasteiger partial charge in [-0.3, -0.25) is 4.79 Å². The SMILES string of the molecule is CC1SCCC1NC1CCC(C(N)=O)CC1. The normalized spacial score (nSPS) is 39.8. The van der Waals surface area contributed by atoms with Crippen LogP contribution in [-0.2, 0) is 4.79 Å². The number of carbonyl (C=O) groups is 1. The first-order chi connectivity index (χ1) is 7.66. The van der Waals surface area contributed by atoms with Crippen molar-refractivity contribution in [2.75, 3.05) is 5.75 Å². The minimum Gasteiger partial charge on any atom is -0.369 e. The molecule has 16 heavy (non-hydrogen) atoms. The van der Waals surface area contributed by atoms with Crippen molar-refractivity contribution >= 4 is 17.7 Å². The Labute approximate surface area is 102 Å². The van der Waals surface area contributed by atoms with Gasteiger partial charge in [0.1, 0.15) is 0 Å². The van der Waals surface area contributed by atoms with E-state index in [1.807, 2.05) is 0 Å². The molecule has 0 radical (unpaired) electrons. The van der Waals surface area contributed by atoms with Crippen molar-refractivity contribution in [3.63, 3.8) is 0 Å². The van der Waals surface area contributed by atoms with E-state index in [2.05, 4.69) is 24.0 Å². The second-order valence-electron chi connectivity index (χ2n) is 5.09. The van der Waals surface area contributed by atoms with Crippen LogP contribution in [0.2, 0.25) is 0 Å². The van der Waals surface area contributed by atoms with Crippen LogP contribution in [0.15, 0.2) is 0 Å². The van der Waals surface area contributed by atoms with Crippen molar-refractivity contribution in [3.05, 3.63) is 0 Å². The summed E-state index contributed by atoms with van der Waals surface area (Å²) in [5, 5.41) is 4.50. The van der Waals surface area contributed by atoms with Gasteiger partial charge >= 0.3 is 0 Å². The van der Waals surface area contributed by atoms with E-state index in [-0.39, 0.29) is 11.8 Å². The maximum Gasteiger partial charge on any atom is 0.220 e. The average molecular weight is 242 g/mol. The lowest BCUT2D eigenvalue weighted by Crippen LogP contribution is -2.44. The fourth-order valence-corrected chi connectivity index (χ4v) is 4.01. The molecule has 1 aliphatic carbocycles. The second-order valence-corrected chi connectivity index (χ2v) is 6.57. The maximum atomic E-state index is 11.1. The summed E-state index contributed by atoms with van der Waals surface area (Å²) in [7, 11) is 0. The quantitative estimate of drug-likeness (QED) is 0.789. The molecule has 1 heterocycles. The first kappa shape index (κ1) is 12.2. The average Bonchev–Trinajstić information content (AvgIpc) is 2.65. The number of nitrogens with two attached hydrogens (primary N) is 1. The largest absolute Gasteiger partial charge is 0.369 e. The molecule has 2 aliphatic rings. The Hall–Kier alpha value is -0.220. The lowest BCUT2D eigenvalue weighted by atomic mass is 9.85. The molecule has 2 atom stereocenters. The molecule has 0 spiro atoms. The first-order valence-corrected chi connectivity index (χ1v) is 7.38. The van der Waals surface area contributed by atoms with E-state index in [9.17, 15) is 4.79 Å². The lowest BCUT2D eigenvalue weighted by Gasteiger charge is -2.30. The van der Waals surface area contributed by atoms with Crippen LogP contribution >= 0.6 is 11.8 Å². The molecule has 2 unspecified atom stereocenters. The maximum absolute atomic E-state index is 11.1. The zero-order valence-corrected chi connectivity index (χ0v) is 10.8. The highest BCUT2D eigenvalue weighted by Gasteiger charge is 2.29. The van der Waals surface area contributed by atoms with E-state index in [0.717, 1.165) is 30.9 Å². The molecule has 0 aromatic heterocycles. The standard InChI is InChI=1S/C12H22N2OS/c1-8-11(6-7-16-8)14-10-4-2-9(3-5-10)12(13)15/h8-11,14H,2-7H2,1H3,(H2,13,15). The van der Waals surface area contributed by atoms with E-state index in [1.54, 1.807) is 0 Å². The van der Waals surface area contributed by atoms with E-state index in [1.165, 1.54) is 12.2 Å². The third kappa shape index (κ3) is 2.92. The Kier molecular flexibility index (Phi) is 4.14. The van der Waals surface area contributed by atoms with Crippen LogP contribution in [-0.4, -0.2) is 29.0 Å². The van der Waals surface area contributed by atoms with Crippen molar-refractivity contribution in [2.45, 2.75) is 56.4 Å². The molecule has 1 amide bonds. The van der Waals surface area contributed by atoms with Gasteiger partial charge in [0.05, 0.1) is 0 Å². The molecular formula is C12H22N2OS. The Morgan fingerprint density at radius 1 is 1.25 bits per heavy atom. The van der Waals surface area contributed by atoms with Crippen LogP contribution in [0.3, 0.4) is 0 Å². The van der Waals surface area contributed by atoms with Gasteiger partial charge in [-0.15, -0.1) is 0 Å². The van der Waals surface area contributed by atoms with Crippen molar-refractivity contribution in [2.24, 2.45) is 11.7 Å². The topological polar surface area (TPSA) is 55.1 Å². The lowest BCUT2D eigenvalue weighted by molar-refractivity contribution is -0.122. The van der Waals surface area contributed by atoms with Crippen LogP contribution in [0.4, 0.5) is 0 Å². The van der Waals surface area contributed by atoms with Gasteiger partial charge in [-0.05, 0) is 37.9 Å². The number of carbonyl (C=O) groups excluding carboxylic acids is 1.